The molecular weight excluding hydrogens is 512 g/mol. The molecule has 4 N–H and O–H groups in total. The Morgan fingerprint density at radius 2 is 1.90 bits per heavy atom. The van der Waals surface area contributed by atoms with Gasteiger partial charge in [0.25, 0.3) is 5.56 Å². The lowest BCUT2D eigenvalue weighted by Crippen LogP contribution is -2.48. The molecule has 0 spiro atoms. The highest BCUT2D eigenvalue weighted by Gasteiger charge is 2.23. The van der Waals surface area contributed by atoms with Gasteiger partial charge in [-0.1, -0.05) is 44.5 Å². The first-order chi connectivity index (χ1) is 18.6. The number of aliphatic hydroxyl groups is 1. The lowest BCUT2D eigenvalue weighted by atomic mass is 9.96. The summed E-state index contributed by atoms with van der Waals surface area (Å²) in [6, 6.07) is 13.2. The largest absolute Gasteiger partial charge is 0.387 e. The van der Waals surface area contributed by atoms with Crippen LogP contribution in [0.3, 0.4) is 0 Å². The molecule has 39 heavy (non-hydrogen) atoms. The van der Waals surface area contributed by atoms with Gasteiger partial charge in [0.05, 0.1) is 22.8 Å². The highest BCUT2D eigenvalue weighted by atomic mass is 35.5. The van der Waals surface area contributed by atoms with E-state index in [9.17, 15) is 9.90 Å². The zero-order valence-electron chi connectivity index (χ0n) is 23.0. The average molecular weight is 549 g/mol. The molecule has 1 saturated heterocycles. The average Bonchev–Trinajstić information content (AvgIpc) is 3.31. The molecule has 5 rings (SSSR count). The molecule has 2 aromatic heterocycles. The maximum absolute atomic E-state index is 13.0. The van der Waals surface area contributed by atoms with Crippen molar-refractivity contribution in [3.8, 4) is 11.4 Å². The molecule has 206 valence electrons. The first-order valence-corrected chi connectivity index (χ1v) is 13.8. The van der Waals surface area contributed by atoms with E-state index in [0.29, 0.717) is 33.1 Å². The number of halogens is 1. The number of nitrogens with zero attached hydrogens (tertiary/aromatic N) is 3. The van der Waals surface area contributed by atoms with Crippen LogP contribution in [0.4, 0.5) is 11.4 Å². The van der Waals surface area contributed by atoms with Crippen molar-refractivity contribution < 1.29 is 5.11 Å². The molecular formula is C30H37ClN6O2. The Hall–Kier alpha value is -3.33. The predicted molar refractivity (Wildman–Crippen MR) is 160 cm³/mol. The number of fused-ring (bicyclic) bond motifs is 1. The molecule has 0 aliphatic carbocycles. The van der Waals surface area contributed by atoms with Crippen molar-refractivity contribution in [1.82, 2.24) is 19.9 Å². The SMILES string of the molecule is Cc1cc(N2CCN(CC(C)(C)C)CC2)cc2[nH]c(-c3c(NC[C@@H](O)c4cccc(Cl)c4)cc[nH]c3=O)nc12. The summed E-state index contributed by atoms with van der Waals surface area (Å²) in [5, 5.41) is 14.5. The number of nitrogens with one attached hydrogen (secondary N) is 3. The summed E-state index contributed by atoms with van der Waals surface area (Å²) in [6.07, 6.45) is 0.797. The number of hydrogen-bond acceptors (Lipinski definition) is 6. The zero-order chi connectivity index (χ0) is 27.7. The lowest BCUT2D eigenvalue weighted by Gasteiger charge is -2.39. The van der Waals surface area contributed by atoms with E-state index in [0.717, 1.165) is 55.0 Å². The van der Waals surface area contributed by atoms with Gasteiger partial charge in [-0.25, -0.2) is 4.98 Å². The zero-order valence-corrected chi connectivity index (χ0v) is 23.8. The van der Waals surface area contributed by atoms with Crippen LogP contribution in [0.15, 0.2) is 53.5 Å². The van der Waals surface area contributed by atoms with Gasteiger partial charge in [0, 0.05) is 56.2 Å². The lowest BCUT2D eigenvalue weighted by molar-refractivity contribution is 0.182. The maximum Gasteiger partial charge on any atom is 0.261 e. The van der Waals surface area contributed by atoms with E-state index in [1.165, 1.54) is 0 Å². The molecule has 9 heteroatoms. The first-order valence-electron chi connectivity index (χ1n) is 13.4. The monoisotopic (exact) mass is 548 g/mol. The van der Waals surface area contributed by atoms with Crippen molar-refractivity contribution in [1.29, 1.82) is 0 Å². The van der Waals surface area contributed by atoms with Gasteiger partial charge in [0.2, 0.25) is 0 Å². The van der Waals surface area contributed by atoms with Gasteiger partial charge in [-0.15, -0.1) is 0 Å². The molecule has 8 nitrogen and oxygen atoms in total. The van der Waals surface area contributed by atoms with Crippen molar-refractivity contribution in [3.05, 3.63) is 75.2 Å². The van der Waals surface area contributed by atoms with Gasteiger partial charge in [0.15, 0.2) is 0 Å². The summed E-state index contributed by atoms with van der Waals surface area (Å²) in [7, 11) is 0. The Kier molecular flexibility index (Phi) is 7.71. The Balaban J connectivity index is 1.37. The Labute approximate surface area is 234 Å². The van der Waals surface area contributed by atoms with E-state index < -0.39 is 6.10 Å². The van der Waals surface area contributed by atoms with E-state index in [4.69, 9.17) is 16.6 Å². The van der Waals surface area contributed by atoms with E-state index >= 15 is 0 Å². The fraction of sp³-hybridized carbons (Fsp3) is 0.400. The normalized spacial score (nSPS) is 15.6. The molecule has 0 radical (unpaired) electrons. The fourth-order valence-corrected chi connectivity index (χ4v) is 5.51. The number of piperazine rings is 1. The van der Waals surface area contributed by atoms with Gasteiger partial charge in [-0.3, -0.25) is 9.69 Å². The van der Waals surface area contributed by atoms with Crippen molar-refractivity contribution in [2.75, 3.05) is 49.5 Å². The second kappa shape index (κ2) is 11.0. The minimum Gasteiger partial charge on any atom is -0.387 e. The first kappa shape index (κ1) is 27.2. The predicted octanol–water partition coefficient (Wildman–Crippen LogP) is 5.19. The molecule has 0 bridgehead atoms. The summed E-state index contributed by atoms with van der Waals surface area (Å²) in [4.78, 5) is 28.9. The van der Waals surface area contributed by atoms with Crippen molar-refractivity contribution in [3.63, 3.8) is 0 Å². The number of aromatic nitrogens is 3. The smallest absolute Gasteiger partial charge is 0.261 e. The number of anilines is 2. The molecule has 0 saturated carbocycles. The minimum absolute atomic E-state index is 0.210. The summed E-state index contributed by atoms with van der Waals surface area (Å²) in [5.41, 5.74) is 5.68. The third-order valence-electron chi connectivity index (χ3n) is 7.11. The van der Waals surface area contributed by atoms with E-state index in [-0.39, 0.29) is 12.1 Å². The molecule has 3 heterocycles. The Morgan fingerprint density at radius 3 is 2.62 bits per heavy atom. The third kappa shape index (κ3) is 6.30. The van der Waals surface area contributed by atoms with Gasteiger partial charge >= 0.3 is 0 Å². The van der Waals surface area contributed by atoms with Gasteiger partial charge in [-0.05, 0) is 53.8 Å². The number of benzene rings is 2. The highest BCUT2D eigenvalue weighted by molar-refractivity contribution is 6.30. The van der Waals surface area contributed by atoms with Crippen LogP contribution in [-0.2, 0) is 0 Å². The molecule has 1 atom stereocenters. The van der Waals surface area contributed by atoms with Crippen LogP contribution in [0.2, 0.25) is 5.02 Å². The minimum atomic E-state index is -0.792. The van der Waals surface area contributed by atoms with Crippen molar-refractivity contribution in [2.45, 2.75) is 33.8 Å². The summed E-state index contributed by atoms with van der Waals surface area (Å²) < 4.78 is 0. The topological polar surface area (TPSA) is 100 Å². The number of rotatable bonds is 7. The van der Waals surface area contributed by atoms with Gasteiger partial charge < -0.3 is 25.3 Å². The van der Waals surface area contributed by atoms with Crippen molar-refractivity contribution >= 4 is 34.0 Å². The summed E-state index contributed by atoms with van der Waals surface area (Å²) >= 11 is 6.08. The summed E-state index contributed by atoms with van der Waals surface area (Å²) in [5.74, 6) is 0.488. The highest BCUT2D eigenvalue weighted by Crippen LogP contribution is 2.30. The van der Waals surface area contributed by atoms with E-state index in [2.05, 4.69) is 64.9 Å². The second-order valence-corrected chi connectivity index (χ2v) is 12.1. The summed E-state index contributed by atoms with van der Waals surface area (Å²) in [6.45, 7) is 14.2. The standard InChI is InChI=1S/C30H37ClN6O2/c1-19-14-22(37-12-10-36(11-13-37)18-30(2,3)4)16-24-27(19)35-28(34-24)26-23(8-9-32-29(26)39)33-17-25(38)20-6-5-7-21(31)15-20/h5-9,14-16,25,38H,10-13,17-18H2,1-4H3,(H,34,35)(H2,32,33,39)/t25-/m1/s1. The van der Waals surface area contributed by atoms with E-state index in [1.54, 1.807) is 30.5 Å². The van der Waals surface area contributed by atoms with Crippen LogP contribution in [0.1, 0.15) is 38.0 Å². The molecule has 0 amide bonds. The molecule has 2 aromatic carbocycles. The fourth-order valence-electron chi connectivity index (χ4n) is 5.31. The van der Waals surface area contributed by atoms with Crippen LogP contribution in [0, 0.1) is 12.3 Å². The number of H-pyrrole nitrogens is 2. The number of imidazole rings is 1. The van der Waals surface area contributed by atoms with E-state index in [1.807, 2.05) is 6.07 Å². The molecule has 1 aliphatic heterocycles. The van der Waals surface area contributed by atoms with Crippen LogP contribution < -0.4 is 15.8 Å². The van der Waals surface area contributed by atoms with Crippen LogP contribution in [-0.4, -0.2) is 64.2 Å². The molecule has 1 fully saturated rings. The van der Waals surface area contributed by atoms with Crippen LogP contribution in [0.5, 0.6) is 0 Å². The van der Waals surface area contributed by atoms with Gasteiger partial charge in [-0.2, -0.15) is 0 Å². The maximum atomic E-state index is 13.0. The van der Waals surface area contributed by atoms with Crippen molar-refractivity contribution in [2.24, 2.45) is 5.41 Å². The Morgan fingerprint density at radius 1 is 1.13 bits per heavy atom. The number of aromatic amines is 2. The number of hydrogen-bond donors (Lipinski definition) is 4. The molecule has 1 aliphatic rings. The number of aliphatic hydroxyl groups excluding tert-OH is 1. The second-order valence-electron chi connectivity index (χ2n) is 11.6. The van der Waals surface area contributed by atoms with Crippen LogP contribution in [0.25, 0.3) is 22.4 Å². The van der Waals surface area contributed by atoms with Gasteiger partial charge in [0.1, 0.15) is 11.4 Å². The third-order valence-corrected chi connectivity index (χ3v) is 7.35. The Bertz CT molecular complexity index is 1510. The molecule has 0 unspecified atom stereocenters. The van der Waals surface area contributed by atoms with Crippen LogP contribution >= 0.6 is 11.6 Å². The number of aryl methyl sites for hydroxylation is 1. The number of pyridine rings is 1. The quantitative estimate of drug-likeness (QED) is 0.253. The molecule has 4 aromatic rings.